The Balaban J connectivity index is 2.03. The molecular weight excluding hydrogens is 276 g/mol. The van der Waals surface area contributed by atoms with Crippen molar-refractivity contribution in [2.45, 2.75) is 12.5 Å². The highest BCUT2D eigenvalue weighted by Gasteiger charge is 2.16. The largest absolute Gasteiger partial charge is 0.394 e. The fraction of sp³-hybridized carbons (Fsp3) is 0.267. The van der Waals surface area contributed by atoms with Crippen LogP contribution in [0.25, 0.3) is 0 Å². The van der Waals surface area contributed by atoms with E-state index in [4.69, 9.17) is 11.6 Å². The molecule has 5 heteroatoms. The molecule has 1 atom stereocenters. The minimum Gasteiger partial charge on any atom is -0.394 e. The van der Waals surface area contributed by atoms with Gasteiger partial charge in [-0.05, 0) is 18.1 Å². The molecule has 1 heterocycles. The van der Waals surface area contributed by atoms with E-state index in [0.717, 1.165) is 5.56 Å². The molecule has 0 unspecified atom stereocenters. The highest BCUT2D eigenvalue weighted by atomic mass is 35.5. The summed E-state index contributed by atoms with van der Waals surface area (Å²) in [6, 6.07) is 11.0. The summed E-state index contributed by atoms with van der Waals surface area (Å²) >= 11 is 5.86. The predicted molar refractivity (Wildman–Crippen MR) is 78.9 cm³/mol. The Morgan fingerprint density at radius 3 is 2.65 bits per heavy atom. The van der Waals surface area contributed by atoms with E-state index < -0.39 is 0 Å². The first kappa shape index (κ1) is 14.6. The van der Waals surface area contributed by atoms with E-state index in [0.29, 0.717) is 17.1 Å². The molecule has 1 amide bonds. The van der Waals surface area contributed by atoms with E-state index in [9.17, 15) is 9.90 Å². The third-order valence-electron chi connectivity index (χ3n) is 3.08. The second kappa shape index (κ2) is 6.59. The zero-order valence-corrected chi connectivity index (χ0v) is 12.0. The number of rotatable bonds is 5. The standard InChI is InChI=1S/C15H17ClN2O2/c1-18-9-12(16)8-14(18)15(20)17-13(10-19)7-11-5-3-2-4-6-11/h2-6,8-9,13,19H,7,10H2,1H3,(H,17,20)/t13-/m0/s1. The van der Waals surface area contributed by atoms with Crippen LogP contribution < -0.4 is 5.32 Å². The number of nitrogens with zero attached hydrogens (tertiary/aromatic N) is 1. The van der Waals surface area contributed by atoms with Gasteiger partial charge in [-0.15, -0.1) is 0 Å². The van der Waals surface area contributed by atoms with Crippen molar-refractivity contribution in [1.82, 2.24) is 9.88 Å². The number of amides is 1. The molecule has 2 aromatic rings. The number of benzene rings is 1. The van der Waals surface area contributed by atoms with Crippen LogP contribution in [0.5, 0.6) is 0 Å². The van der Waals surface area contributed by atoms with Gasteiger partial charge < -0.3 is 15.0 Å². The number of aliphatic hydroxyl groups is 1. The number of hydrogen-bond acceptors (Lipinski definition) is 2. The highest BCUT2D eigenvalue weighted by Crippen LogP contribution is 2.13. The van der Waals surface area contributed by atoms with Gasteiger partial charge in [-0.3, -0.25) is 4.79 Å². The molecule has 0 saturated heterocycles. The molecule has 1 aromatic carbocycles. The average Bonchev–Trinajstić information content (AvgIpc) is 2.78. The average molecular weight is 293 g/mol. The van der Waals surface area contributed by atoms with Crippen LogP contribution in [-0.2, 0) is 13.5 Å². The highest BCUT2D eigenvalue weighted by molar-refractivity contribution is 6.31. The maximum atomic E-state index is 12.1. The van der Waals surface area contributed by atoms with Crippen LogP contribution in [0, 0.1) is 0 Å². The van der Waals surface area contributed by atoms with Crippen molar-refractivity contribution >= 4 is 17.5 Å². The second-order valence-corrected chi connectivity index (χ2v) is 5.13. The quantitative estimate of drug-likeness (QED) is 0.886. The maximum Gasteiger partial charge on any atom is 0.268 e. The molecule has 0 fully saturated rings. The molecule has 2 N–H and O–H groups in total. The van der Waals surface area contributed by atoms with E-state index in [1.54, 1.807) is 23.9 Å². The van der Waals surface area contributed by atoms with Gasteiger partial charge in [-0.1, -0.05) is 41.9 Å². The Bertz CT molecular complexity index is 581. The van der Waals surface area contributed by atoms with Gasteiger partial charge in [0.15, 0.2) is 0 Å². The summed E-state index contributed by atoms with van der Waals surface area (Å²) in [6.45, 7) is -0.112. The molecule has 0 saturated carbocycles. The van der Waals surface area contributed by atoms with Gasteiger partial charge in [0.2, 0.25) is 0 Å². The zero-order chi connectivity index (χ0) is 14.5. The summed E-state index contributed by atoms with van der Waals surface area (Å²) < 4.78 is 1.66. The maximum absolute atomic E-state index is 12.1. The van der Waals surface area contributed by atoms with Crippen molar-refractivity contribution in [3.8, 4) is 0 Å². The summed E-state index contributed by atoms with van der Waals surface area (Å²) in [5.74, 6) is -0.241. The van der Waals surface area contributed by atoms with E-state index in [1.807, 2.05) is 30.3 Å². The number of halogens is 1. The molecule has 4 nitrogen and oxygen atoms in total. The van der Waals surface area contributed by atoms with Gasteiger partial charge in [0.05, 0.1) is 17.7 Å². The number of carbonyl (C=O) groups is 1. The zero-order valence-electron chi connectivity index (χ0n) is 11.2. The Kier molecular flexibility index (Phi) is 4.82. The lowest BCUT2D eigenvalue weighted by Gasteiger charge is -2.16. The summed E-state index contributed by atoms with van der Waals surface area (Å²) in [5, 5.41) is 12.7. The van der Waals surface area contributed by atoms with Crippen molar-refractivity contribution in [2.24, 2.45) is 7.05 Å². The van der Waals surface area contributed by atoms with Crippen molar-refractivity contribution in [2.75, 3.05) is 6.61 Å². The van der Waals surface area contributed by atoms with Gasteiger partial charge in [-0.2, -0.15) is 0 Å². The van der Waals surface area contributed by atoms with E-state index in [1.165, 1.54) is 0 Å². The molecule has 0 aliphatic carbocycles. The van der Waals surface area contributed by atoms with E-state index >= 15 is 0 Å². The minimum absolute atomic E-state index is 0.112. The van der Waals surface area contributed by atoms with Crippen LogP contribution in [0.3, 0.4) is 0 Å². The van der Waals surface area contributed by atoms with Crippen LogP contribution in [0.4, 0.5) is 0 Å². The van der Waals surface area contributed by atoms with Crippen molar-refractivity contribution in [3.63, 3.8) is 0 Å². The molecule has 0 radical (unpaired) electrons. The fourth-order valence-electron chi connectivity index (χ4n) is 2.07. The fourth-order valence-corrected chi connectivity index (χ4v) is 2.32. The normalized spacial score (nSPS) is 12.2. The molecule has 1 aromatic heterocycles. The van der Waals surface area contributed by atoms with Gasteiger partial charge >= 0.3 is 0 Å². The molecule has 20 heavy (non-hydrogen) atoms. The van der Waals surface area contributed by atoms with Crippen LogP contribution in [0.1, 0.15) is 16.1 Å². The molecule has 106 valence electrons. The number of aryl methyl sites for hydroxylation is 1. The predicted octanol–water partition coefficient (Wildman–Crippen LogP) is 2.01. The Morgan fingerprint density at radius 1 is 1.40 bits per heavy atom. The lowest BCUT2D eigenvalue weighted by atomic mass is 10.1. The van der Waals surface area contributed by atoms with Crippen LogP contribution >= 0.6 is 11.6 Å². The van der Waals surface area contributed by atoms with E-state index in [2.05, 4.69) is 5.32 Å². The number of hydrogen-bond donors (Lipinski definition) is 2. The van der Waals surface area contributed by atoms with Gasteiger partial charge in [-0.25, -0.2) is 0 Å². The Morgan fingerprint density at radius 2 is 2.10 bits per heavy atom. The third-order valence-corrected chi connectivity index (χ3v) is 3.29. The smallest absolute Gasteiger partial charge is 0.268 e. The second-order valence-electron chi connectivity index (χ2n) is 4.70. The van der Waals surface area contributed by atoms with Gasteiger partial charge in [0.1, 0.15) is 5.69 Å². The van der Waals surface area contributed by atoms with Crippen LogP contribution in [-0.4, -0.2) is 28.2 Å². The molecule has 0 spiro atoms. The molecular formula is C15H17ClN2O2. The van der Waals surface area contributed by atoms with Crippen LogP contribution in [0.15, 0.2) is 42.6 Å². The first-order chi connectivity index (χ1) is 9.60. The SMILES string of the molecule is Cn1cc(Cl)cc1C(=O)N[C@H](CO)Cc1ccccc1. The molecule has 0 bridgehead atoms. The first-order valence-electron chi connectivity index (χ1n) is 6.37. The molecule has 0 aliphatic rings. The Labute approximate surface area is 123 Å². The number of carbonyl (C=O) groups excluding carboxylic acids is 1. The summed E-state index contributed by atoms with van der Waals surface area (Å²) in [4.78, 5) is 12.1. The molecule has 2 rings (SSSR count). The molecule has 0 aliphatic heterocycles. The lowest BCUT2D eigenvalue weighted by Crippen LogP contribution is -2.39. The first-order valence-corrected chi connectivity index (χ1v) is 6.75. The van der Waals surface area contributed by atoms with Crippen molar-refractivity contribution in [1.29, 1.82) is 0 Å². The number of aromatic nitrogens is 1. The topological polar surface area (TPSA) is 54.3 Å². The van der Waals surface area contributed by atoms with Gasteiger partial charge in [0.25, 0.3) is 5.91 Å². The van der Waals surface area contributed by atoms with Crippen molar-refractivity contribution in [3.05, 3.63) is 58.9 Å². The summed E-state index contributed by atoms with van der Waals surface area (Å²) in [6.07, 6.45) is 2.25. The van der Waals surface area contributed by atoms with Gasteiger partial charge in [0, 0.05) is 13.2 Å². The Hall–Kier alpha value is -1.78. The number of aliphatic hydroxyl groups excluding tert-OH is 1. The minimum atomic E-state index is -0.321. The summed E-state index contributed by atoms with van der Waals surface area (Å²) in [7, 11) is 1.76. The van der Waals surface area contributed by atoms with E-state index in [-0.39, 0.29) is 18.6 Å². The third kappa shape index (κ3) is 3.62. The van der Waals surface area contributed by atoms with Crippen molar-refractivity contribution < 1.29 is 9.90 Å². The monoisotopic (exact) mass is 292 g/mol. The van der Waals surface area contributed by atoms with Crippen LogP contribution in [0.2, 0.25) is 5.02 Å². The number of nitrogens with one attached hydrogen (secondary N) is 1. The lowest BCUT2D eigenvalue weighted by molar-refractivity contribution is 0.0908. The summed E-state index contributed by atoms with van der Waals surface area (Å²) in [5.41, 5.74) is 1.54.